The number of benzene rings is 2. The molecule has 2 aromatic rings. The molecule has 2 aromatic carbocycles. The lowest BCUT2D eigenvalue weighted by Crippen LogP contribution is -2.42. The number of rotatable bonds is 6. The summed E-state index contributed by atoms with van der Waals surface area (Å²) >= 11 is 0. The third-order valence-corrected chi connectivity index (χ3v) is 3.75. The van der Waals surface area contributed by atoms with Crippen LogP contribution in [0.1, 0.15) is 28.8 Å². The van der Waals surface area contributed by atoms with Crippen molar-refractivity contribution in [2.24, 2.45) is 0 Å². The lowest BCUT2D eigenvalue weighted by atomic mass is 9.96. The van der Waals surface area contributed by atoms with E-state index in [0.717, 1.165) is 10.8 Å². The molecule has 5 N–H and O–H groups in total. The third kappa shape index (κ3) is 6.30. The molecule has 29 heavy (non-hydrogen) atoms. The van der Waals surface area contributed by atoms with E-state index in [4.69, 9.17) is 25.7 Å². The molecule has 152 valence electrons. The lowest BCUT2D eigenvalue weighted by molar-refractivity contribution is -0.170. The molecule has 0 fully saturated rings. The van der Waals surface area contributed by atoms with Crippen LogP contribution in [0, 0.1) is 11.3 Å². The average Bonchev–Trinajstić information content (AvgIpc) is 2.65. The quantitative estimate of drug-likeness (QED) is 0.466. The van der Waals surface area contributed by atoms with Crippen LogP contribution in [-0.4, -0.2) is 56.9 Å². The van der Waals surface area contributed by atoms with Crippen molar-refractivity contribution in [3.05, 3.63) is 47.5 Å². The number of aliphatic carboxylic acids is 3. The van der Waals surface area contributed by atoms with Crippen molar-refractivity contribution in [1.29, 1.82) is 5.26 Å². The summed E-state index contributed by atoms with van der Waals surface area (Å²) in [7, 11) is 1.58. The van der Waals surface area contributed by atoms with Crippen LogP contribution in [0.25, 0.3) is 10.8 Å². The fourth-order valence-electron chi connectivity index (χ4n) is 2.41. The Balaban J connectivity index is 0.000000298. The smallest absolute Gasteiger partial charge is 0.336 e. The Labute approximate surface area is 164 Å². The maximum Gasteiger partial charge on any atom is 0.336 e. The first kappa shape index (κ1) is 23.1. The van der Waals surface area contributed by atoms with Crippen LogP contribution in [-0.2, 0) is 14.4 Å². The van der Waals surface area contributed by atoms with E-state index in [2.05, 4.69) is 11.4 Å². The van der Waals surface area contributed by atoms with Crippen LogP contribution < -0.4 is 5.32 Å². The van der Waals surface area contributed by atoms with Gasteiger partial charge in [-0.1, -0.05) is 24.3 Å². The summed E-state index contributed by atoms with van der Waals surface area (Å²) < 4.78 is 0. The zero-order chi connectivity index (χ0) is 22.2. The van der Waals surface area contributed by atoms with Gasteiger partial charge in [0.1, 0.15) is 0 Å². The molecule has 10 heteroatoms. The predicted octanol–water partition coefficient (Wildman–Crippen LogP) is 0.823. The van der Waals surface area contributed by atoms with Gasteiger partial charge in [-0.15, -0.1) is 0 Å². The fourth-order valence-corrected chi connectivity index (χ4v) is 2.41. The maximum absolute atomic E-state index is 11.7. The Morgan fingerprint density at radius 3 is 2.03 bits per heavy atom. The van der Waals surface area contributed by atoms with Crippen LogP contribution in [0.3, 0.4) is 0 Å². The van der Waals surface area contributed by atoms with Crippen LogP contribution in [0.4, 0.5) is 0 Å². The van der Waals surface area contributed by atoms with Gasteiger partial charge < -0.3 is 25.7 Å². The Hall–Kier alpha value is -3.97. The van der Waals surface area contributed by atoms with Gasteiger partial charge in [0, 0.05) is 12.6 Å². The molecule has 0 saturated heterocycles. The normalized spacial score (nSPS) is 10.2. The number of nitrogens with one attached hydrogen (secondary N) is 1. The van der Waals surface area contributed by atoms with Crippen LogP contribution >= 0.6 is 0 Å². The summed E-state index contributed by atoms with van der Waals surface area (Å²) in [5, 5.41) is 47.0. The van der Waals surface area contributed by atoms with E-state index >= 15 is 0 Å². The molecule has 10 nitrogen and oxygen atoms in total. The highest BCUT2D eigenvalue weighted by Crippen LogP contribution is 2.20. The molecule has 0 unspecified atom stereocenters. The number of carbonyl (C=O) groups is 4. The van der Waals surface area contributed by atoms with E-state index < -0.39 is 36.4 Å². The molecule has 0 aliphatic heterocycles. The van der Waals surface area contributed by atoms with Gasteiger partial charge in [-0.3, -0.25) is 14.4 Å². The molecule has 0 aliphatic carbocycles. The van der Waals surface area contributed by atoms with Gasteiger partial charge in [0.05, 0.1) is 24.5 Å². The minimum Gasteiger partial charge on any atom is -0.481 e. The highest BCUT2D eigenvalue weighted by Gasteiger charge is 2.40. The van der Waals surface area contributed by atoms with Gasteiger partial charge in [0.2, 0.25) is 0 Å². The van der Waals surface area contributed by atoms with Crippen LogP contribution in [0.5, 0.6) is 0 Å². The number of carboxylic acids is 3. The molecule has 0 heterocycles. The highest BCUT2D eigenvalue weighted by atomic mass is 16.4. The van der Waals surface area contributed by atoms with Gasteiger partial charge in [-0.2, -0.15) is 5.26 Å². The zero-order valence-corrected chi connectivity index (χ0v) is 15.2. The summed E-state index contributed by atoms with van der Waals surface area (Å²) in [5.41, 5.74) is -1.70. The van der Waals surface area contributed by atoms with E-state index in [1.807, 2.05) is 24.3 Å². The van der Waals surface area contributed by atoms with Gasteiger partial charge >= 0.3 is 17.9 Å². The van der Waals surface area contributed by atoms with Crippen LogP contribution in [0.15, 0.2) is 36.4 Å². The Morgan fingerprint density at radius 2 is 1.59 bits per heavy atom. The van der Waals surface area contributed by atoms with Crippen LogP contribution in [0.2, 0.25) is 0 Å². The van der Waals surface area contributed by atoms with Crippen molar-refractivity contribution in [3.63, 3.8) is 0 Å². The Morgan fingerprint density at radius 1 is 1.03 bits per heavy atom. The van der Waals surface area contributed by atoms with Crippen molar-refractivity contribution < 1.29 is 39.6 Å². The summed E-state index contributed by atoms with van der Waals surface area (Å²) in [6.07, 6.45) is -2.29. The second-order valence-electron chi connectivity index (χ2n) is 5.91. The predicted molar refractivity (Wildman–Crippen MR) is 99.1 cm³/mol. The van der Waals surface area contributed by atoms with Gasteiger partial charge in [0.25, 0.3) is 5.91 Å². The van der Waals surface area contributed by atoms with Crippen molar-refractivity contribution in [2.45, 2.75) is 18.4 Å². The average molecular weight is 402 g/mol. The third-order valence-electron chi connectivity index (χ3n) is 3.75. The van der Waals surface area contributed by atoms with E-state index in [1.54, 1.807) is 19.2 Å². The summed E-state index contributed by atoms with van der Waals surface area (Å²) in [6, 6.07) is 13.0. The second-order valence-corrected chi connectivity index (χ2v) is 5.91. The standard InChI is InChI=1S/C13H10N2O.C6H8O7/c1-15-13(16)12-7-9(8-14)6-10-4-2-3-5-11(10)12;7-3(8)1-6(13,5(11)12)2-4(9)10/h2-7H,1H3,(H,15,16);13H,1-2H2,(H,7,8)(H,9,10)(H,11,12). The molecule has 0 saturated carbocycles. The monoisotopic (exact) mass is 402 g/mol. The van der Waals surface area contributed by atoms with E-state index in [9.17, 15) is 19.2 Å². The lowest BCUT2D eigenvalue weighted by Gasteiger charge is -2.18. The molecule has 0 atom stereocenters. The van der Waals surface area contributed by atoms with Crippen molar-refractivity contribution in [2.75, 3.05) is 7.05 Å². The summed E-state index contributed by atoms with van der Waals surface area (Å²) in [4.78, 5) is 42.2. The molecular formula is C19H18N2O8. The molecule has 0 radical (unpaired) electrons. The molecule has 0 aromatic heterocycles. The highest BCUT2D eigenvalue weighted by molar-refractivity contribution is 6.07. The molecular weight excluding hydrogens is 384 g/mol. The number of aliphatic hydroxyl groups is 1. The first-order valence-electron chi connectivity index (χ1n) is 8.08. The summed E-state index contributed by atoms with van der Waals surface area (Å²) in [5.74, 6) is -5.19. The SMILES string of the molecule is CNC(=O)c1cc(C#N)cc2ccccc12.O=C(O)CC(O)(CC(=O)O)C(=O)O. The summed E-state index contributed by atoms with van der Waals surface area (Å²) in [6.45, 7) is 0. The molecule has 0 aliphatic rings. The van der Waals surface area contributed by atoms with Gasteiger partial charge in [0.15, 0.2) is 5.60 Å². The molecule has 0 bridgehead atoms. The van der Waals surface area contributed by atoms with E-state index in [0.29, 0.717) is 11.1 Å². The molecule has 2 rings (SSSR count). The number of hydrogen-bond acceptors (Lipinski definition) is 6. The fraction of sp³-hybridized carbons (Fsp3) is 0.211. The molecule has 1 amide bonds. The van der Waals surface area contributed by atoms with E-state index in [-0.39, 0.29) is 5.91 Å². The topological polar surface area (TPSA) is 185 Å². The Bertz CT molecular complexity index is 977. The van der Waals surface area contributed by atoms with Crippen molar-refractivity contribution in [3.8, 4) is 6.07 Å². The molecule has 0 spiro atoms. The van der Waals surface area contributed by atoms with Gasteiger partial charge in [-0.05, 0) is 22.9 Å². The number of fused-ring (bicyclic) bond motifs is 1. The Kier molecular flexibility index (Phi) is 7.81. The second kappa shape index (κ2) is 9.82. The van der Waals surface area contributed by atoms with Gasteiger partial charge in [-0.25, -0.2) is 4.79 Å². The van der Waals surface area contributed by atoms with Crippen molar-refractivity contribution >= 4 is 34.6 Å². The first-order valence-corrected chi connectivity index (χ1v) is 8.08. The van der Waals surface area contributed by atoms with E-state index in [1.165, 1.54) is 0 Å². The maximum atomic E-state index is 11.7. The largest absolute Gasteiger partial charge is 0.481 e. The minimum absolute atomic E-state index is 0.173. The minimum atomic E-state index is -2.74. The number of carbonyl (C=O) groups excluding carboxylic acids is 1. The first-order chi connectivity index (χ1) is 13.5. The number of carboxylic acid groups (broad SMARTS) is 3. The number of amides is 1. The zero-order valence-electron chi connectivity index (χ0n) is 15.2. The van der Waals surface area contributed by atoms with Crippen molar-refractivity contribution in [1.82, 2.24) is 5.32 Å². The number of nitrogens with zero attached hydrogens (tertiary/aromatic N) is 1. The number of nitriles is 1. The number of hydrogen-bond donors (Lipinski definition) is 5.